The number of likely N-dealkylation sites (tertiary alicyclic amines) is 1. The number of benzene rings is 2. The van der Waals surface area contributed by atoms with Crippen LogP contribution in [0.1, 0.15) is 18.4 Å². The topological polar surface area (TPSA) is 58.7 Å². The van der Waals surface area contributed by atoms with Crippen molar-refractivity contribution in [3.63, 3.8) is 0 Å². The van der Waals surface area contributed by atoms with E-state index >= 15 is 0 Å². The first kappa shape index (κ1) is 21.7. The molecule has 0 atom stereocenters. The Hall–Kier alpha value is -2.57. The lowest BCUT2D eigenvalue weighted by atomic mass is 9.96. The first-order valence-electron chi connectivity index (χ1n) is 10.8. The van der Waals surface area contributed by atoms with Crippen LogP contribution in [0.25, 0.3) is 11.1 Å². The molecule has 0 N–H and O–H groups in total. The SMILES string of the molecule is CN(CC1CCN(CCc2ccc(Cl)cc2)CC1)C(=O)Cn1c(=O)oc2ccccc21. The van der Waals surface area contributed by atoms with Crippen LogP contribution in [0.4, 0.5) is 0 Å². The summed E-state index contributed by atoms with van der Waals surface area (Å²) < 4.78 is 6.64. The largest absolute Gasteiger partial charge is 0.420 e. The minimum atomic E-state index is -0.489. The van der Waals surface area contributed by atoms with Gasteiger partial charge in [-0.15, -0.1) is 0 Å². The van der Waals surface area contributed by atoms with E-state index < -0.39 is 5.76 Å². The number of fused-ring (bicyclic) bond motifs is 1. The summed E-state index contributed by atoms with van der Waals surface area (Å²) in [6.45, 7) is 3.86. The summed E-state index contributed by atoms with van der Waals surface area (Å²) >= 11 is 5.95. The number of likely N-dealkylation sites (N-methyl/N-ethyl adjacent to an activating group) is 1. The molecule has 2 heterocycles. The van der Waals surface area contributed by atoms with Gasteiger partial charge in [-0.3, -0.25) is 9.36 Å². The molecule has 2 aromatic carbocycles. The summed E-state index contributed by atoms with van der Waals surface area (Å²) in [5.41, 5.74) is 2.47. The van der Waals surface area contributed by atoms with Crippen LogP contribution in [-0.2, 0) is 17.8 Å². The molecule has 6 nitrogen and oxygen atoms in total. The summed E-state index contributed by atoms with van der Waals surface area (Å²) in [6, 6.07) is 15.2. The molecule has 0 saturated carbocycles. The maximum Gasteiger partial charge on any atom is 0.420 e. The number of carbonyl (C=O) groups is 1. The molecule has 1 fully saturated rings. The quantitative estimate of drug-likeness (QED) is 0.561. The predicted octanol–water partition coefficient (Wildman–Crippen LogP) is 3.66. The van der Waals surface area contributed by atoms with Gasteiger partial charge in [0.2, 0.25) is 5.91 Å². The van der Waals surface area contributed by atoms with Crippen LogP contribution in [0, 0.1) is 5.92 Å². The molecule has 1 aliphatic heterocycles. The van der Waals surface area contributed by atoms with Crippen molar-refractivity contribution in [2.45, 2.75) is 25.8 Å². The fourth-order valence-corrected chi connectivity index (χ4v) is 4.37. The lowest BCUT2D eigenvalue weighted by Gasteiger charge is -2.34. The highest BCUT2D eigenvalue weighted by Gasteiger charge is 2.23. The second-order valence-electron chi connectivity index (χ2n) is 8.36. The summed E-state index contributed by atoms with van der Waals surface area (Å²) in [4.78, 5) is 29.1. The number of hydrogen-bond donors (Lipinski definition) is 0. The van der Waals surface area contributed by atoms with E-state index in [-0.39, 0.29) is 12.5 Å². The molecule has 3 aromatic rings. The molecule has 4 rings (SSSR count). The third kappa shape index (κ3) is 5.38. The van der Waals surface area contributed by atoms with Crippen molar-refractivity contribution in [2.24, 2.45) is 5.92 Å². The summed E-state index contributed by atoms with van der Waals surface area (Å²) in [7, 11) is 1.82. The number of hydrogen-bond acceptors (Lipinski definition) is 4. The molecule has 0 aliphatic carbocycles. The molecular formula is C24H28ClN3O3. The van der Waals surface area contributed by atoms with E-state index in [2.05, 4.69) is 17.0 Å². The Balaban J connectivity index is 1.24. The van der Waals surface area contributed by atoms with Gasteiger partial charge in [-0.25, -0.2) is 4.79 Å². The molecule has 0 unspecified atom stereocenters. The molecule has 7 heteroatoms. The average molecular weight is 442 g/mol. The van der Waals surface area contributed by atoms with Crippen molar-refractivity contribution in [3.8, 4) is 0 Å². The lowest BCUT2D eigenvalue weighted by molar-refractivity contribution is -0.131. The molecule has 164 valence electrons. The first-order valence-corrected chi connectivity index (χ1v) is 11.2. The van der Waals surface area contributed by atoms with E-state index in [0.29, 0.717) is 23.6 Å². The van der Waals surface area contributed by atoms with Gasteiger partial charge in [-0.2, -0.15) is 0 Å². The van der Waals surface area contributed by atoms with E-state index in [1.54, 1.807) is 17.0 Å². The van der Waals surface area contributed by atoms with Gasteiger partial charge in [0.15, 0.2) is 5.58 Å². The number of aromatic nitrogens is 1. The van der Waals surface area contributed by atoms with Gasteiger partial charge < -0.3 is 14.2 Å². The number of amides is 1. The Morgan fingerprint density at radius 2 is 1.84 bits per heavy atom. The van der Waals surface area contributed by atoms with Crippen LogP contribution in [0.2, 0.25) is 5.02 Å². The Morgan fingerprint density at radius 3 is 2.58 bits per heavy atom. The van der Waals surface area contributed by atoms with Gasteiger partial charge in [0.05, 0.1) is 5.52 Å². The van der Waals surface area contributed by atoms with Crippen LogP contribution in [0.5, 0.6) is 0 Å². The van der Waals surface area contributed by atoms with Crippen LogP contribution in [-0.4, -0.2) is 53.5 Å². The zero-order valence-corrected chi connectivity index (χ0v) is 18.6. The van der Waals surface area contributed by atoms with Crippen LogP contribution >= 0.6 is 11.6 Å². The van der Waals surface area contributed by atoms with E-state index in [4.69, 9.17) is 16.0 Å². The average Bonchev–Trinajstić information content (AvgIpc) is 3.09. The first-order chi connectivity index (χ1) is 15.0. The number of halogens is 1. The van der Waals surface area contributed by atoms with Crippen LogP contribution in [0.15, 0.2) is 57.7 Å². The predicted molar refractivity (Wildman–Crippen MR) is 122 cm³/mol. The fraction of sp³-hybridized carbons (Fsp3) is 0.417. The normalized spacial score (nSPS) is 15.4. The Kier molecular flexibility index (Phi) is 6.78. The van der Waals surface area contributed by atoms with Gasteiger partial charge in [0.1, 0.15) is 6.54 Å². The van der Waals surface area contributed by atoms with E-state index in [1.165, 1.54) is 10.1 Å². The summed E-state index contributed by atoms with van der Waals surface area (Å²) in [5.74, 6) is -0.0747. The molecule has 1 aliphatic rings. The maximum absolute atomic E-state index is 12.7. The third-order valence-corrected chi connectivity index (χ3v) is 6.41. The standard InChI is InChI=1S/C24H28ClN3O3/c1-26(23(29)17-28-21-4-2-3-5-22(21)31-24(28)30)16-19-11-14-27(15-12-19)13-10-18-6-8-20(25)9-7-18/h2-9,19H,10-17H2,1H3. The zero-order chi connectivity index (χ0) is 21.8. The number of piperidine rings is 1. The van der Waals surface area contributed by atoms with Crippen molar-refractivity contribution in [2.75, 3.05) is 33.2 Å². The van der Waals surface area contributed by atoms with Gasteiger partial charge in [0, 0.05) is 25.2 Å². The Labute approximate surface area is 187 Å². The second kappa shape index (κ2) is 9.71. The number of para-hydroxylation sites is 2. The molecule has 0 bridgehead atoms. The second-order valence-corrected chi connectivity index (χ2v) is 8.79. The number of rotatable bonds is 7. The zero-order valence-electron chi connectivity index (χ0n) is 17.8. The van der Waals surface area contributed by atoms with Crippen LogP contribution < -0.4 is 5.76 Å². The molecular weight excluding hydrogens is 414 g/mol. The minimum Gasteiger partial charge on any atom is -0.408 e. The summed E-state index contributed by atoms with van der Waals surface area (Å²) in [5, 5.41) is 0.772. The maximum atomic E-state index is 12.7. The van der Waals surface area contributed by atoms with Crippen molar-refractivity contribution >= 4 is 28.6 Å². The number of nitrogens with zero attached hydrogens (tertiary/aromatic N) is 3. The van der Waals surface area contributed by atoms with Gasteiger partial charge in [0.25, 0.3) is 0 Å². The Morgan fingerprint density at radius 1 is 1.13 bits per heavy atom. The van der Waals surface area contributed by atoms with Crippen molar-refractivity contribution in [1.29, 1.82) is 0 Å². The molecule has 1 saturated heterocycles. The Bertz CT molecular complexity index is 1080. The van der Waals surface area contributed by atoms with Crippen molar-refractivity contribution < 1.29 is 9.21 Å². The van der Waals surface area contributed by atoms with Gasteiger partial charge in [-0.05, 0) is 68.1 Å². The number of oxazole rings is 1. The summed E-state index contributed by atoms with van der Waals surface area (Å²) in [6.07, 6.45) is 3.17. The smallest absolute Gasteiger partial charge is 0.408 e. The molecule has 1 amide bonds. The van der Waals surface area contributed by atoms with Gasteiger partial charge in [-0.1, -0.05) is 35.9 Å². The molecule has 0 spiro atoms. The van der Waals surface area contributed by atoms with Crippen molar-refractivity contribution in [3.05, 3.63) is 69.7 Å². The van der Waals surface area contributed by atoms with Crippen LogP contribution in [0.3, 0.4) is 0 Å². The monoisotopic (exact) mass is 441 g/mol. The van der Waals surface area contributed by atoms with Crippen molar-refractivity contribution in [1.82, 2.24) is 14.4 Å². The number of carbonyl (C=O) groups excluding carboxylic acids is 1. The highest BCUT2D eigenvalue weighted by atomic mass is 35.5. The molecule has 31 heavy (non-hydrogen) atoms. The lowest BCUT2D eigenvalue weighted by Crippen LogP contribution is -2.41. The van der Waals surface area contributed by atoms with E-state index in [0.717, 1.165) is 43.9 Å². The van der Waals surface area contributed by atoms with Gasteiger partial charge >= 0.3 is 5.76 Å². The molecule has 1 aromatic heterocycles. The molecule has 0 radical (unpaired) electrons. The fourth-order valence-electron chi connectivity index (χ4n) is 4.24. The van der Waals surface area contributed by atoms with E-state index in [9.17, 15) is 9.59 Å². The highest BCUT2D eigenvalue weighted by Crippen LogP contribution is 2.19. The van der Waals surface area contributed by atoms with E-state index in [1.807, 2.05) is 31.3 Å². The minimum absolute atomic E-state index is 0.00623. The third-order valence-electron chi connectivity index (χ3n) is 6.16. The highest BCUT2D eigenvalue weighted by molar-refractivity contribution is 6.30.